The Balaban J connectivity index is 1.17. The number of aromatic amines is 1. The Hall–Kier alpha value is -1.89. The molecular formula is C30H48N6O. The van der Waals surface area contributed by atoms with E-state index in [9.17, 15) is 4.79 Å². The van der Waals surface area contributed by atoms with Crippen molar-refractivity contribution in [3.8, 4) is 0 Å². The zero-order valence-electron chi connectivity index (χ0n) is 22.5. The molecule has 4 aliphatic carbocycles. The highest BCUT2D eigenvalue weighted by Gasteiger charge is 2.49. The van der Waals surface area contributed by atoms with Crippen molar-refractivity contribution in [2.24, 2.45) is 35.3 Å². The van der Waals surface area contributed by atoms with Crippen LogP contribution in [0.1, 0.15) is 108 Å². The van der Waals surface area contributed by atoms with E-state index in [1.807, 2.05) is 12.4 Å². The van der Waals surface area contributed by atoms with Gasteiger partial charge in [-0.3, -0.25) is 15.1 Å². The molecule has 0 bridgehead atoms. The second kappa shape index (κ2) is 11.1. The van der Waals surface area contributed by atoms with E-state index < -0.39 is 0 Å². The van der Waals surface area contributed by atoms with E-state index in [4.69, 9.17) is 11.1 Å². The molecule has 0 aromatic carbocycles. The standard InChI is InChI=1S/C30H48N6O/c31-28(32)21-12-11-20-16-27(30(37)35-24-9-4-7-22(15-24)29-33-13-14-34-29)36(26(20)17-21)18-23-8-3-6-19-5-1-2-10-25(19)23/h13-14,19-27H,1-12,15-18H2,(H3,31,32)(H,33,34)(H,35,37). The maximum absolute atomic E-state index is 14.0. The van der Waals surface area contributed by atoms with Crippen molar-refractivity contribution in [1.82, 2.24) is 20.2 Å². The molecule has 7 nitrogen and oxygen atoms in total. The predicted molar refractivity (Wildman–Crippen MR) is 146 cm³/mol. The number of imidazole rings is 1. The molecule has 4 saturated carbocycles. The number of carbonyl (C=O) groups is 1. The predicted octanol–water partition coefficient (Wildman–Crippen LogP) is 4.95. The Bertz CT molecular complexity index is 931. The summed E-state index contributed by atoms with van der Waals surface area (Å²) in [6.07, 6.45) is 21.9. The summed E-state index contributed by atoms with van der Waals surface area (Å²) in [4.78, 5) is 24.4. The number of amides is 1. The van der Waals surface area contributed by atoms with Gasteiger partial charge in [-0.2, -0.15) is 0 Å². The molecule has 1 aromatic heterocycles. The van der Waals surface area contributed by atoms with Crippen molar-refractivity contribution >= 4 is 11.7 Å². The molecular weight excluding hydrogens is 460 g/mol. The van der Waals surface area contributed by atoms with Gasteiger partial charge in [0.2, 0.25) is 5.91 Å². The van der Waals surface area contributed by atoms with Crippen LogP contribution in [-0.2, 0) is 4.79 Å². The lowest BCUT2D eigenvalue weighted by molar-refractivity contribution is -0.127. The molecule has 0 radical (unpaired) electrons. The number of H-pyrrole nitrogens is 1. The summed E-state index contributed by atoms with van der Waals surface area (Å²) < 4.78 is 0. The van der Waals surface area contributed by atoms with Crippen molar-refractivity contribution in [2.75, 3.05) is 6.54 Å². The van der Waals surface area contributed by atoms with Crippen molar-refractivity contribution < 1.29 is 4.79 Å². The quantitative estimate of drug-likeness (QED) is 0.322. The average Bonchev–Trinajstić information content (AvgIpc) is 3.58. The van der Waals surface area contributed by atoms with Crippen LogP contribution in [0.2, 0.25) is 0 Å². The van der Waals surface area contributed by atoms with Crippen molar-refractivity contribution in [3.05, 3.63) is 18.2 Å². The lowest BCUT2D eigenvalue weighted by atomic mass is 9.65. The highest BCUT2D eigenvalue weighted by molar-refractivity contribution is 5.83. The molecule has 9 unspecified atom stereocenters. The third kappa shape index (κ3) is 5.35. The monoisotopic (exact) mass is 508 g/mol. The summed E-state index contributed by atoms with van der Waals surface area (Å²) in [6, 6.07) is 0.626. The Kier molecular flexibility index (Phi) is 7.60. The van der Waals surface area contributed by atoms with Crippen molar-refractivity contribution in [3.63, 3.8) is 0 Å². The Morgan fingerprint density at radius 1 is 1.00 bits per heavy atom. The molecule has 204 valence electrons. The molecule has 5 aliphatic rings. The molecule has 2 heterocycles. The molecule has 0 spiro atoms. The SMILES string of the molecule is N=C(N)C1CCC2CC(C(=O)NC3CCCC(c4ncc[nH]4)C3)N(CC3CCCC4CCCCC43)C2C1. The zero-order valence-corrected chi connectivity index (χ0v) is 22.5. The van der Waals surface area contributed by atoms with Crippen LogP contribution in [0.3, 0.4) is 0 Å². The smallest absolute Gasteiger partial charge is 0.237 e. The number of hydrogen-bond acceptors (Lipinski definition) is 4. The van der Waals surface area contributed by atoms with Crippen LogP contribution in [-0.4, -0.2) is 51.3 Å². The minimum Gasteiger partial charge on any atom is -0.387 e. The fourth-order valence-electron chi connectivity index (χ4n) is 9.28. The van der Waals surface area contributed by atoms with E-state index in [-0.39, 0.29) is 23.9 Å². The van der Waals surface area contributed by atoms with Gasteiger partial charge in [-0.15, -0.1) is 0 Å². The van der Waals surface area contributed by atoms with Crippen LogP contribution in [0.25, 0.3) is 0 Å². The first kappa shape index (κ1) is 25.4. The summed E-state index contributed by atoms with van der Waals surface area (Å²) >= 11 is 0. The maximum atomic E-state index is 14.0. The Morgan fingerprint density at radius 2 is 1.84 bits per heavy atom. The summed E-state index contributed by atoms with van der Waals surface area (Å²) in [7, 11) is 0. The van der Waals surface area contributed by atoms with Crippen molar-refractivity contribution in [1.29, 1.82) is 5.41 Å². The van der Waals surface area contributed by atoms with Crippen LogP contribution in [0.5, 0.6) is 0 Å². The van der Waals surface area contributed by atoms with E-state index in [2.05, 4.69) is 20.2 Å². The molecule has 1 aliphatic heterocycles. The molecule has 5 fully saturated rings. The van der Waals surface area contributed by atoms with Gasteiger partial charge in [0, 0.05) is 42.9 Å². The van der Waals surface area contributed by atoms with E-state index in [1.165, 1.54) is 44.9 Å². The first-order chi connectivity index (χ1) is 18.1. The number of nitrogens with zero attached hydrogens (tertiary/aromatic N) is 2. The second-order valence-corrected chi connectivity index (χ2v) is 13.2. The van der Waals surface area contributed by atoms with E-state index in [1.54, 1.807) is 0 Å². The number of amidine groups is 1. The largest absolute Gasteiger partial charge is 0.387 e. The molecule has 6 rings (SSSR count). The molecule has 5 N–H and O–H groups in total. The first-order valence-electron chi connectivity index (χ1n) is 15.5. The number of likely N-dealkylation sites (tertiary alicyclic amines) is 1. The Morgan fingerprint density at radius 3 is 2.68 bits per heavy atom. The number of nitrogens with one attached hydrogen (secondary N) is 3. The maximum Gasteiger partial charge on any atom is 0.237 e. The van der Waals surface area contributed by atoms with Crippen LogP contribution >= 0.6 is 0 Å². The zero-order chi connectivity index (χ0) is 25.4. The van der Waals surface area contributed by atoms with Gasteiger partial charge < -0.3 is 16.0 Å². The number of nitrogens with two attached hydrogens (primary N) is 1. The van der Waals surface area contributed by atoms with Crippen LogP contribution in [0, 0.1) is 35.0 Å². The van der Waals surface area contributed by atoms with E-state index >= 15 is 0 Å². The lowest BCUT2D eigenvalue weighted by Crippen LogP contribution is -2.53. The summed E-state index contributed by atoms with van der Waals surface area (Å²) in [5.41, 5.74) is 6.02. The minimum absolute atomic E-state index is 0.0198. The first-order valence-corrected chi connectivity index (χ1v) is 15.5. The molecule has 1 aromatic rings. The molecule has 37 heavy (non-hydrogen) atoms. The average molecular weight is 509 g/mol. The Labute approximate surface area is 222 Å². The van der Waals surface area contributed by atoms with Gasteiger partial charge in [0.25, 0.3) is 0 Å². The summed E-state index contributed by atoms with van der Waals surface area (Å²) in [5, 5.41) is 11.7. The molecule has 1 amide bonds. The molecule has 7 heteroatoms. The number of fused-ring (bicyclic) bond motifs is 2. The van der Waals surface area contributed by atoms with Gasteiger partial charge in [0.15, 0.2) is 0 Å². The van der Waals surface area contributed by atoms with Gasteiger partial charge in [-0.05, 0) is 81.5 Å². The van der Waals surface area contributed by atoms with Crippen LogP contribution < -0.4 is 11.1 Å². The third-order valence-corrected chi connectivity index (χ3v) is 11.1. The van der Waals surface area contributed by atoms with E-state index in [0.29, 0.717) is 23.7 Å². The summed E-state index contributed by atoms with van der Waals surface area (Å²) in [5.74, 6) is 5.34. The molecule has 1 saturated heterocycles. The van der Waals surface area contributed by atoms with E-state index in [0.717, 1.165) is 81.5 Å². The fourth-order valence-corrected chi connectivity index (χ4v) is 9.28. The molecule has 9 atom stereocenters. The van der Waals surface area contributed by atoms with Crippen LogP contribution in [0.15, 0.2) is 12.4 Å². The lowest BCUT2D eigenvalue weighted by Gasteiger charge is -2.45. The third-order valence-electron chi connectivity index (χ3n) is 11.1. The topological polar surface area (TPSA) is 111 Å². The number of rotatable bonds is 6. The highest BCUT2D eigenvalue weighted by Crippen LogP contribution is 2.47. The van der Waals surface area contributed by atoms with Gasteiger partial charge >= 0.3 is 0 Å². The number of hydrogen-bond donors (Lipinski definition) is 4. The highest BCUT2D eigenvalue weighted by atomic mass is 16.2. The van der Waals surface area contributed by atoms with Gasteiger partial charge in [0.1, 0.15) is 5.82 Å². The number of aromatic nitrogens is 2. The van der Waals surface area contributed by atoms with Gasteiger partial charge in [0.05, 0.1) is 11.9 Å². The van der Waals surface area contributed by atoms with Crippen LogP contribution in [0.4, 0.5) is 0 Å². The second-order valence-electron chi connectivity index (χ2n) is 13.2. The normalized spacial score (nSPS) is 40.5. The fraction of sp³-hybridized carbons (Fsp3) is 0.833. The summed E-state index contributed by atoms with van der Waals surface area (Å²) in [6.45, 7) is 1.07. The minimum atomic E-state index is -0.0198. The van der Waals surface area contributed by atoms with Gasteiger partial charge in [-0.25, -0.2) is 4.98 Å². The van der Waals surface area contributed by atoms with Gasteiger partial charge in [-0.1, -0.05) is 38.5 Å². The van der Waals surface area contributed by atoms with Crippen molar-refractivity contribution in [2.45, 2.75) is 120 Å². The number of carbonyl (C=O) groups excluding carboxylic acids is 1.